The highest BCUT2D eigenvalue weighted by atomic mass is 35.5. The van der Waals surface area contributed by atoms with E-state index in [1.165, 1.54) is 0 Å². The van der Waals surface area contributed by atoms with Crippen LogP contribution in [-0.2, 0) is 4.74 Å². The molecule has 4 atom stereocenters. The average Bonchev–Trinajstić information content (AvgIpc) is 2.61. The lowest BCUT2D eigenvalue weighted by molar-refractivity contribution is -0.0550. The van der Waals surface area contributed by atoms with Crippen LogP contribution in [0.3, 0.4) is 0 Å². The van der Waals surface area contributed by atoms with Gasteiger partial charge in [-0.25, -0.2) is 4.79 Å². The van der Waals surface area contributed by atoms with Crippen LogP contribution in [-0.4, -0.2) is 49.8 Å². The predicted molar refractivity (Wildman–Crippen MR) is 59.3 cm³/mol. The number of ether oxygens (including phenoxy) is 1. The van der Waals surface area contributed by atoms with Crippen LogP contribution >= 0.6 is 11.6 Å². The Morgan fingerprint density at radius 3 is 2.61 bits per heavy atom. The summed E-state index contributed by atoms with van der Waals surface area (Å²) in [4.78, 5) is 24.6. The summed E-state index contributed by atoms with van der Waals surface area (Å²) in [7, 11) is 0. The Balaban J connectivity index is 2.42. The number of rotatable bonds is 2. The molecule has 1 saturated heterocycles. The first-order valence-corrected chi connectivity index (χ1v) is 5.47. The van der Waals surface area contributed by atoms with Crippen molar-refractivity contribution in [2.75, 3.05) is 6.61 Å². The van der Waals surface area contributed by atoms with Crippen molar-refractivity contribution in [2.24, 2.45) is 0 Å². The zero-order valence-electron chi connectivity index (χ0n) is 8.99. The molecule has 1 aliphatic rings. The highest BCUT2D eigenvalue weighted by Gasteiger charge is 2.43. The number of aliphatic hydroxyl groups excluding tert-OH is 3. The number of nitrogens with one attached hydrogen (secondary N) is 1. The van der Waals surface area contributed by atoms with Crippen molar-refractivity contribution >= 4 is 11.6 Å². The molecule has 4 N–H and O–H groups in total. The van der Waals surface area contributed by atoms with Gasteiger partial charge in [-0.3, -0.25) is 14.3 Å². The van der Waals surface area contributed by atoms with Crippen molar-refractivity contribution in [3.05, 3.63) is 32.1 Å². The summed E-state index contributed by atoms with van der Waals surface area (Å²) in [5.74, 6) is 0. The van der Waals surface area contributed by atoms with Gasteiger partial charge < -0.3 is 20.1 Å². The zero-order chi connectivity index (χ0) is 13.4. The minimum Gasteiger partial charge on any atom is -0.394 e. The molecule has 0 spiro atoms. The maximum absolute atomic E-state index is 11.5. The summed E-state index contributed by atoms with van der Waals surface area (Å²) >= 11 is 5.57. The molecule has 0 aromatic carbocycles. The lowest BCUT2D eigenvalue weighted by atomic mass is 10.1. The van der Waals surface area contributed by atoms with Gasteiger partial charge >= 0.3 is 5.69 Å². The van der Waals surface area contributed by atoms with Gasteiger partial charge in [-0.15, -0.1) is 0 Å². The van der Waals surface area contributed by atoms with Crippen LogP contribution < -0.4 is 11.2 Å². The lowest BCUT2D eigenvalue weighted by Gasteiger charge is -2.17. The molecule has 9 heteroatoms. The molecular weight excluding hydrogens is 268 g/mol. The molecule has 2 rings (SSSR count). The third kappa shape index (κ3) is 2.08. The summed E-state index contributed by atoms with van der Waals surface area (Å²) in [5.41, 5.74) is -1.59. The van der Waals surface area contributed by atoms with Crippen molar-refractivity contribution in [3.8, 4) is 0 Å². The van der Waals surface area contributed by atoms with Crippen molar-refractivity contribution in [2.45, 2.75) is 24.5 Å². The van der Waals surface area contributed by atoms with Gasteiger partial charge in [0, 0.05) is 6.20 Å². The first-order chi connectivity index (χ1) is 8.45. The molecular formula is C9H11ClN2O6. The Hall–Kier alpha value is -1.19. The number of hydrogen-bond acceptors (Lipinski definition) is 6. The van der Waals surface area contributed by atoms with Crippen molar-refractivity contribution in [1.82, 2.24) is 9.55 Å². The Kier molecular flexibility index (Phi) is 3.55. The fourth-order valence-electron chi connectivity index (χ4n) is 1.76. The van der Waals surface area contributed by atoms with Crippen molar-refractivity contribution in [1.29, 1.82) is 0 Å². The van der Waals surface area contributed by atoms with E-state index in [4.69, 9.17) is 21.4 Å². The lowest BCUT2D eigenvalue weighted by Crippen LogP contribution is -2.38. The molecule has 1 aromatic heterocycles. The standard InChI is InChI=1S/C9H11ClN2O6/c10-3-1-12(9(17)11-7(3)16)8-6(15)5(14)4(2-13)18-8/h1,4-6,8,13-15H,2H2,(H,11,16,17)/t4-,5+,6-,8-/m1/s1. The Morgan fingerprint density at radius 2 is 2.06 bits per heavy atom. The van der Waals surface area contributed by atoms with E-state index in [9.17, 15) is 19.8 Å². The summed E-state index contributed by atoms with van der Waals surface area (Å²) in [6, 6.07) is 0. The van der Waals surface area contributed by atoms with E-state index in [1.54, 1.807) is 0 Å². The van der Waals surface area contributed by atoms with E-state index in [2.05, 4.69) is 0 Å². The van der Waals surface area contributed by atoms with Crippen molar-refractivity contribution in [3.63, 3.8) is 0 Å². The van der Waals surface area contributed by atoms with E-state index < -0.39 is 42.4 Å². The average molecular weight is 279 g/mol. The maximum Gasteiger partial charge on any atom is 0.330 e. The smallest absolute Gasteiger partial charge is 0.330 e. The van der Waals surface area contributed by atoms with Crippen LogP contribution in [0.5, 0.6) is 0 Å². The van der Waals surface area contributed by atoms with E-state index in [0.717, 1.165) is 10.8 Å². The maximum atomic E-state index is 11.5. The van der Waals surface area contributed by atoms with Gasteiger partial charge in [0.2, 0.25) is 0 Å². The number of halogens is 1. The van der Waals surface area contributed by atoms with E-state index >= 15 is 0 Å². The summed E-state index contributed by atoms with van der Waals surface area (Å²) < 4.78 is 5.98. The summed E-state index contributed by atoms with van der Waals surface area (Å²) in [6.07, 6.45) is -3.98. The SMILES string of the molecule is O=c1[nH]c(=O)n([C@@H]2O[C@H](CO)[C@H](O)[C@H]2O)cc1Cl. The van der Waals surface area contributed by atoms with Crippen LogP contribution in [0.25, 0.3) is 0 Å². The molecule has 18 heavy (non-hydrogen) atoms. The molecule has 1 aliphatic heterocycles. The Bertz CT molecular complexity index is 555. The third-order valence-corrected chi connectivity index (χ3v) is 2.98. The molecule has 0 saturated carbocycles. The number of aliphatic hydroxyl groups is 3. The van der Waals surface area contributed by atoms with Gasteiger partial charge in [0.1, 0.15) is 23.3 Å². The molecule has 0 aliphatic carbocycles. The summed E-state index contributed by atoms with van der Waals surface area (Å²) in [6.45, 7) is -0.513. The van der Waals surface area contributed by atoms with Gasteiger partial charge in [-0.2, -0.15) is 0 Å². The molecule has 2 heterocycles. The number of aromatic amines is 1. The normalized spacial score (nSPS) is 31.8. The van der Waals surface area contributed by atoms with Gasteiger partial charge in [-0.1, -0.05) is 11.6 Å². The van der Waals surface area contributed by atoms with Crippen LogP contribution in [0.15, 0.2) is 15.8 Å². The zero-order valence-corrected chi connectivity index (χ0v) is 9.74. The van der Waals surface area contributed by atoms with Gasteiger partial charge in [0.15, 0.2) is 6.23 Å². The summed E-state index contributed by atoms with van der Waals surface area (Å²) in [5, 5.41) is 27.9. The van der Waals surface area contributed by atoms with Crippen molar-refractivity contribution < 1.29 is 20.1 Å². The fraction of sp³-hybridized carbons (Fsp3) is 0.556. The Morgan fingerprint density at radius 1 is 1.39 bits per heavy atom. The third-order valence-electron chi connectivity index (χ3n) is 2.72. The topological polar surface area (TPSA) is 125 Å². The highest BCUT2D eigenvalue weighted by molar-refractivity contribution is 6.30. The van der Waals surface area contributed by atoms with Crippen LogP contribution in [0.4, 0.5) is 0 Å². The monoisotopic (exact) mass is 278 g/mol. The van der Waals surface area contributed by atoms with Crippen LogP contribution in [0.2, 0.25) is 5.02 Å². The Labute approximate surface area is 105 Å². The second kappa shape index (κ2) is 4.82. The van der Waals surface area contributed by atoms with Crippen LogP contribution in [0.1, 0.15) is 6.23 Å². The minimum atomic E-state index is -1.41. The first kappa shape index (κ1) is 13.2. The second-order valence-corrected chi connectivity index (χ2v) is 4.28. The quantitative estimate of drug-likeness (QED) is 0.487. The molecule has 0 radical (unpaired) electrons. The minimum absolute atomic E-state index is 0.257. The number of aromatic nitrogens is 2. The number of nitrogens with zero attached hydrogens (tertiary/aromatic N) is 1. The first-order valence-electron chi connectivity index (χ1n) is 5.09. The number of hydrogen-bond donors (Lipinski definition) is 4. The predicted octanol–water partition coefficient (Wildman–Crippen LogP) is -2.20. The fourth-order valence-corrected chi connectivity index (χ4v) is 1.91. The van der Waals surface area contributed by atoms with Gasteiger partial charge in [0.25, 0.3) is 5.56 Å². The van der Waals surface area contributed by atoms with E-state index in [0.29, 0.717) is 0 Å². The molecule has 8 nitrogen and oxygen atoms in total. The van der Waals surface area contributed by atoms with Gasteiger partial charge in [0.05, 0.1) is 6.61 Å². The highest BCUT2D eigenvalue weighted by Crippen LogP contribution is 2.28. The van der Waals surface area contributed by atoms with E-state index in [1.807, 2.05) is 4.98 Å². The molecule has 0 unspecified atom stereocenters. The molecule has 0 amide bonds. The number of H-pyrrole nitrogens is 1. The van der Waals surface area contributed by atoms with Gasteiger partial charge in [-0.05, 0) is 0 Å². The largest absolute Gasteiger partial charge is 0.394 e. The van der Waals surface area contributed by atoms with E-state index in [-0.39, 0.29) is 5.02 Å². The molecule has 0 bridgehead atoms. The van der Waals surface area contributed by atoms with Crippen LogP contribution in [0, 0.1) is 0 Å². The molecule has 100 valence electrons. The molecule has 1 aromatic rings. The molecule has 1 fully saturated rings. The second-order valence-electron chi connectivity index (χ2n) is 3.87.